The van der Waals surface area contributed by atoms with Gasteiger partial charge >= 0.3 is 5.97 Å². The fourth-order valence-electron chi connectivity index (χ4n) is 1.22. The predicted octanol–water partition coefficient (Wildman–Crippen LogP) is 2.15. The van der Waals surface area contributed by atoms with Gasteiger partial charge < -0.3 is 5.11 Å². The van der Waals surface area contributed by atoms with Crippen LogP contribution in [0.3, 0.4) is 0 Å². The number of hydrogen-bond donors (Lipinski definition) is 1. The molecule has 1 rings (SSSR count). The molecule has 1 aromatic rings. The maximum Gasteiger partial charge on any atom is 0.307 e. The molecule has 0 aliphatic carbocycles. The van der Waals surface area contributed by atoms with Crippen molar-refractivity contribution < 1.29 is 9.90 Å². The van der Waals surface area contributed by atoms with Crippen molar-refractivity contribution in [3.05, 3.63) is 33.8 Å². The molecule has 0 saturated carbocycles. The molecule has 0 radical (unpaired) electrons. The Bertz CT molecular complexity index is 421. The molecule has 0 aromatic heterocycles. The molecule has 0 unspecified atom stereocenters. The van der Waals surface area contributed by atoms with Gasteiger partial charge in [0.15, 0.2) is 0 Å². The number of benzene rings is 1. The van der Waals surface area contributed by atoms with E-state index in [2.05, 4.69) is 0 Å². The van der Waals surface area contributed by atoms with Crippen LogP contribution in [0.15, 0.2) is 12.1 Å². The third-order valence-corrected chi connectivity index (χ3v) is 2.20. The number of aryl methyl sites for hydroxylation is 1. The van der Waals surface area contributed by atoms with Gasteiger partial charge in [-0.25, -0.2) is 0 Å². The van der Waals surface area contributed by atoms with E-state index in [1.54, 1.807) is 19.1 Å². The lowest BCUT2D eigenvalue weighted by Gasteiger charge is -2.04. The summed E-state index contributed by atoms with van der Waals surface area (Å²) in [5.41, 5.74) is 1.64. The molecule has 1 N–H and O–H groups in total. The Kier molecular flexibility index (Phi) is 3.10. The second-order valence-corrected chi connectivity index (χ2v) is 3.35. The van der Waals surface area contributed by atoms with Gasteiger partial charge in [0.05, 0.1) is 17.0 Å². The highest BCUT2D eigenvalue weighted by atomic mass is 35.5. The van der Waals surface area contributed by atoms with Crippen molar-refractivity contribution in [1.29, 1.82) is 5.26 Å². The fraction of sp³-hybridized carbons (Fsp3) is 0.200. The quantitative estimate of drug-likeness (QED) is 0.812. The maximum absolute atomic E-state index is 10.5. The lowest BCUT2D eigenvalue weighted by Crippen LogP contribution is -2.02. The molecule has 0 atom stereocenters. The highest BCUT2D eigenvalue weighted by Gasteiger charge is 2.10. The molecular weight excluding hydrogens is 202 g/mol. The SMILES string of the molecule is Cc1cc(C#N)c(Cl)c(CC(=O)O)c1. The Hall–Kier alpha value is -1.53. The Labute approximate surface area is 86.5 Å². The number of aliphatic carboxylic acids is 1. The third kappa shape index (κ3) is 2.24. The smallest absolute Gasteiger partial charge is 0.307 e. The van der Waals surface area contributed by atoms with Crippen LogP contribution in [0.5, 0.6) is 0 Å². The number of carbonyl (C=O) groups is 1. The van der Waals surface area contributed by atoms with Gasteiger partial charge in [0.25, 0.3) is 0 Å². The molecule has 0 aliphatic rings. The van der Waals surface area contributed by atoms with Crippen molar-refractivity contribution in [2.45, 2.75) is 13.3 Å². The van der Waals surface area contributed by atoms with Crippen molar-refractivity contribution in [2.24, 2.45) is 0 Å². The van der Waals surface area contributed by atoms with Gasteiger partial charge in [0, 0.05) is 0 Å². The third-order valence-electron chi connectivity index (χ3n) is 1.75. The van der Waals surface area contributed by atoms with Crippen LogP contribution in [-0.2, 0) is 11.2 Å². The molecule has 0 saturated heterocycles. The second kappa shape index (κ2) is 4.12. The fourth-order valence-corrected chi connectivity index (χ4v) is 1.43. The van der Waals surface area contributed by atoms with Crippen LogP contribution in [0.4, 0.5) is 0 Å². The van der Waals surface area contributed by atoms with E-state index in [0.717, 1.165) is 5.56 Å². The maximum atomic E-state index is 10.5. The molecule has 3 nitrogen and oxygen atoms in total. The van der Waals surface area contributed by atoms with Crippen molar-refractivity contribution >= 4 is 17.6 Å². The van der Waals surface area contributed by atoms with E-state index in [-0.39, 0.29) is 11.4 Å². The number of halogens is 1. The first kappa shape index (κ1) is 10.6. The Morgan fingerprint density at radius 1 is 1.64 bits per heavy atom. The van der Waals surface area contributed by atoms with Gasteiger partial charge in [-0.05, 0) is 24.1 Å². The highest BCUT2D eigenvalue weighted by Crippen LogP contribution is 2.23. The molecule has 0 aliphatic heterocycles. The van der Waals surface area contributed by atoms with Gasteiger partial charge in [-0.1, -0.05) is 17.7 Å². The largest absolute Gasteiger partial charge is 0.481 e. The van der Waals surface area contributed by atoms with Crippen molar-refractivity contribution in [2.75, 3.05) is 0 Å². The Morgan fingerprint density at radius 3 is 2.79 bits per heavy atom. The van der Waals surface area contributed by atoms with Crippen LogP contribution in [0, 0.1) is 18.3 Å². The molecule has 0 spiro atoms. The molecule has 14 heavy (non-hydrogen) atoms. The first-order chi connectivity index (χ1) is 6.54. The van der Waals surface area contributed by atoms with Crippen LogP contribution in [0.2, 0.25) is 5.02 Å². The number of carboxylic acids is 1. The molecule has 0 amide bonds. The molecule has 0 fully saturated rings. The van der Waals surface area contributed by atoms with E-state index in [1.807, 2.05) is 6.07 Å². The van der Waals surface area contributed by atoms with Crippen molar-refractivity contribution in [1.82, 2.24) is 0 Å². The van der Waals surface area contributed by atoms with Crippen molar-refractivity contribution in [3.63, 3.8) is 0 Å². The molecular formula is C10H8ClNO2. The average molecular weight is 210 g/mol. The van der Waals surface area contributed by atoms with Crippen LogP contribution >= 0.6 is 11.6 Å². The summed E-state index contributed by atoms with van der Waals surface area (Å²) < 4.78 is 0. The number of carboxylic acid groups (broad SMARTS) is 1. The van der Waals surface area contributed by atoms with E-state index < -0.39 is 5.97 Å². The monoisotopic (exact) mass is 209 g/mol. The van der Waals surface area contributed by atoms with E-state index in [1.165, 1.54) is 0 Å². The number of nitriles is 1. The van der Waals surface area contributed by atoms with Gasteiger partial charge in [0.1, 0.15) is 6.07 Å². The van der Waals surface area contributed by atoms with Crippen LogP contribution in [-0.4, -0.2) is 11.1 Å². The summed E-state index contributed by atoms with van der Waals surface area (Å²) in [6.07, 6.45) is -0.158. The topological polar surface area (TPSA) is 61.1 Å². The zero-order chi connectivity index (χ0) is 10.7. The number of rotatable bonds is 2. The lowest BCUT2D eigenvalue weighted by molar-refractivity contribution is -0.136. The number of nitrogens with zero attached hydrogens (tertiary/aromatic N) is 1. The van der Waals surface area contributed by atoms with Gasteiger partial charge in [-0.15, -0.1) is 0 Å². The molecule has 72 valence electrons. The Morgan fingerprint density at radius 2 is 2.29 bits per heavy atom. The summed E-state index contributed by atoms with van der Waals surface area (Å²) in [6, 6.07) is 5.24. The standard InChI is InChI=1S/C10H8ClNO2/c1-6-2-7(4-9(13)14)10(11)8(3-6)5-12/h2-3H,4H2,1H3,(H,13,14). The van der Waals surface area contributed by atoms with Crippen LogP contribution in [0.25, 0.3) is 0 Å². The van der Waals surface area contributed by atoms with E-state index in [9.17, 15) is 4.79 Å². The summed E-state index contributed by atoms with van der Waals surface area (Å²) in [5.74, 6) is -0.957. The molecule has 0 heterocycles. The second-order valence-electron chi connectivity index (χ2n) is 2.97. The minimum atomic E-state index is -0.957. The first-order valence-corrected chi connectivity index (χ1v) is 4.33. The number of hydrogen-bond acceptors (Lipinski definition) is 2. The molecule has 4 heteroatoms. The predicted molar refractivity (Wildman–Crippen MR) is 52.2 cm³/mol. The zero-order valence-electron chi connectivity index (χ0n) is 7.54. The van der Waals surface area contributed by atoms with Crippen molar-refractivity contribution in [3.8, 4) is 6.07 Å². The minimum absolute atomic E-state index is 0.158. The highest BCUT2D eigenvalue weighted by molar-refractivity contribution is 6.32. The van der Waals surface area contributed by atoms with E-state index in [0.29, 0.717) is 11.1 Å². The molecule has 1 aromatic carbocycles. The minimum Gasteiger partial charge on any atom is -0.481 e. The first-order valence-electron chi connectivity index (χ1n) is 3.95. The van der Waals surface area contributed by atoms with Gasteiger partial charge in [-0.2, -0.15) is 5.26 Å². The summed E-state index contributed by atoms with van der Waals surface area (Å²) in [5, 5.41) is 17.6. The summed E-state index contributed by atoms with van der Waals surface area (Å²) in [4.78, 5) is 10.5. The van der Waals surface area contributed by atoms with E-state index in [4.69, 9.17) is 22.0 Å². The summed E-state index contributed by atoms with van der Waals surface area (Å²) >= 11 is 5.84. The zero-order valence-corrected chi connectivity index (χ0v) is 8.30. The van der Waals surface area contributed by atoms with Gasteiger partial charge in [-0.3, -0.25) is 4.79 Å². The average Bonchev–Trinajstić information content (AvgIpc) is 2.09. The summed E-state index contributed by atoms with van der Waals surface area (Å²) in [6.45, 7) is 1.79. The lowest BCUT2D eigenvalue weighted by atomic mass is 10.0. The Balaban J connectivity index is 3.23. The normalized spacial score (nSPS) is 9.50. The van der Waals surface area contributed by atoms with Crippen LogP contribution < -0.4 is 0 Å². The van der Waals surface area contributed by atoms with Crippen LogP contribution in [0.1, 0.15) is 16.7 Å². The van der Waals surface area contributed by atoms with Gasteiger partial charge in [0.2, 0.25) is 0 Å². The van der Waals surface area contributed by atoms with E-state index >= 15 is 0 Å². The molecule has 0 bridgehead atoms. The summed E-state index contributed by atoms with van der Waals surface area (Å²) in [7, 11) is 0.